The minimum atomic E-state index is -4.99. The van der Waals surface area contributed by atoms with E-state index < -0.39 is 36.1 Å². The van der Waals surface area contributed by atoms with E-state index in [0.29, 0.717) is 39.5 Å². The van der Waals surface area contributed by atoms with Gasteiger partial charge in [0.25, 0.3) is 0 Å². The van der Waals surface area contributed by atoms with E-state index in [0.717, 1.165) is 0 Å². The summed E-state index contributed by atoms with van der Waals surface area (Å²) in [6.07, 6.45) is -9.85. The Morgan fingerprint density at radius 2 is 1.50 bits per heavy atom. The van der Waals surface area contributed by atoms with Gasteiger partial charge in [-0.05, 0) is 29.8 Å². The molecule has 3 aromatic carbocycles. The monoisotopic (exact) mass is 577 g/mol. The molecule has 5 rings (SSSR count). The first-order valence-corrected chi connectivity index (χ1v) is 12.0. The molecule has 0 bridgehead atoms. The third-order valence-corrected chi connectivity index (χ3v) is 6.50. The second-order valence-electron chi connectivity index (χ2n) is 8.85. The largest absolute Gasteiger partial charge is 0.416 e. The number of benzene rings is 3. The van der Waals surface area contributed by atoms with Gasteiger partial charge in [-0.25, -0.2) is 4.68 Å². The van der Waals surface area contributed by atoms with Gasteiger partial charge >= 0.3 is 12.4 Å². The third-order valence-electron chi connectivity index (χ3n) is 6.16. The number of aromatic amines is 1. The van der Waals surface area contributed by atoms with Crippen LogP contribution in [0.3, 0.4) is 0 Å². The van der Waals surface area contributed by atoms with Crippen molar-refractivity contribution in [1.29, 1.82) is 0 Å². The van der Waals surface area contributed by atoms with Gasteiger partial charge in [-0.2, -0.15) is 31.4 Å². The van der Waals surface area contributed by atoms with Crippen molar-refractivity contribution in [2.75, 3.05) is 0 Å². The zero-order valence-electron chi connectivity index (χ0n) is 20.2. The van der Waals surface area contributed by atoms with E-state index in [1.807, 2.05) is 0 Å². The van der Waals surface area contributed by atoms with Crippen molar-refractivity contribution in [3.8, 4) is 22.5 Å². The summed E-state index contributed by atoms with van der Waals surface area (Å²) in [5.74, 6) is 0. The number of alkyl halides is 6. The number of hydrogen-bond donors (Lipinski definition) is 2. The van der Waals surface area contributed by atoms with E-state index in [-0.39, 0.29) is 23.0 Å². The first-order chi connectivity index (χ1) is 18.9. The Kier molecular flexibility index (Phi) is 7.15. The maximum atomic E-state index is 13.5. The highest BCUT2D eigenvalue weighted by Crippen LogP contribution is 2.39. The van der Waals surface area contributed by atoms with Gasteiger partial charge in [-0.3, -0.25) is 5.10 Å². The molecule has 0 saturated heterocycles. The molecule has 13 heteroatoms. The molecule has 0 aliphatic heterocycles. The second kappa shape index (κ2) is 10.4. The lowest BCUT2D eigenvalue weighted by molar-refractivity contribution is -0.143. The van der Waals surface area contributed by atoms with Crippen LogP contribution in [0.25, 0.3) is 22.5 Å². The van der Waals surface area contributed by atoms with Crippen molar-refractivity contribution in [2.45, 2.75) is 25.0 Å². The quantitative estimate of drug-likeness (QED) is 0.210. The molecular weight excluding hydrogens is 560 g/mol. The maximum absolute atomic E-state index is 13.5. The van der Waals surface area contributed by atoms with Crippen LogP contribution in [-0.4, -0.2) is 30.3 Å². The highest BCUT2D eigenvalue weighted by atomic mass is 35.5. The Morgan fingerprint density at radius 3 is 2.12 bits per heavy atom. The van der Waals surface area contributed by atoms with E-state index in [1.165, 1.54) is 10.9 Å². The Hall–Kier alpha value is -4.16. The van der Waals surface area contributed by atoms with Gasteiger partial charge in [0.1, 0.15) is 11.8 Å². The standard InChI is InChI=1S/C27H18ClF6N5O/c28-21-9-5-4-8-19(21)25(40)23-20(13-35-36-23)22-24(16-6-2-1-3-7-16)39(38-37-22)14-15-10-17(26(29,30)31)12-18(11-15)27(32,33)34/h1-13,25,40H,14H2,(H,35,36). The minimum Gasteiger partial charge on any atom is -0.382 e. The fourth-order valence-electron chi connectivity index (χ4n) is 4.32. The molecule has 2 aromatic heterocycles. The zero-order chi connectivity index (χ0) is 28.7. The molecule has 40 heavy (non-hydrogen) atoms. The lowest BCUT2D eigenvalue weighted by Crippen LogP contribution is -2.13. The summed E-state index contributed by atoms with van der Waals surface area (Å²) in [5, 5.41) is 26.4. The molecule has 5 aromatic rings. The predicted molar refractivity (Wildman–Crippen MR) is 134 cm³/mol. The Bertz CT molecular complexity index is 1610. The first-order valence-electron chi connectivity index (χ1n) is 11.7. The molecule has 0 amide bonds. The van der Waals surface area contributed by atoms with Crippen molar-refractivity contribution in [3.05, 3.63) is 112 Å². The van der Waals surface area contributed by atoms with Gasteiger partial charge in [0, 0.05) is 21.7 Å². The number of rotatable bonds is 6. The van der Waals surface area contributed by atoms with Crippen LogP contribution < -0.4 is 0 Å². The molecule has 0 aliphatic rings. The van der Waals surface area contributed by atoms with Crippen molar-refractivity contribution in [3.63, 3.8) is 0 Å². The molecule has 1 unspecified atom stereocenters. The van der Waals surface area contributed by atoms with Crippen molar-refractivity contribution in [1.82, 2.24) is 25.2 Å². The molecule has 2 N–H and O–H groups in total. The highest BCUT2D eigenvalue weighted by molar-refractivity contribution is 6.31. The summed E-state index contributed by atoms with van der Waals surface area (Å²) < 4.78 is 81.9. The molecule has 1 atom stereocenters. The van der Waals surface area contributed by atoms with Crippen LogP contribution in [0, 0.1) is 0 Å². The summed E-state index contributed by atoms with van der Waals surface area (Å²) in [6.45, 7) is -0.454. The van der Waals surface area contributed by atoms with Gasteiger partial charge in [-0.1, -0.05) is 65.3 Å². The molecule has 2 heterocycles. The number of H-pyrrole nitrogens is 1. The lowest BCUT2D eigenvalue weighted by atomic mass is 9.99. The van der Waals surface area contributed by atoms with Gasteiger partial charge in [0.15, 0.2) is 0 Å². The van der Waals surface area contributed by atoms with Crippen LogP contribution in [0.4, 0.5) is 26.3 Å². The van der Waals surface area contributed by atoms with Crippen LogP contribution in [0.2, 0.25) is 5.02 Å². The first kappa shape index (κ1) is 27.4. The molecule has 6 nitrogen and oxygen atoms in total. The van der Waals surface area contributed by atoms with Crippen LogP contribution in [0.5, 0.6) is 0 Å². The summed E-state index contributed by atoms with van der Waals surface area (Å²) in [5.41, 5.74) is -1.20. The van der Waals surface area contributed by atoms with E-state index >= 15 is 0 Å². The van der Waals surface area contributed by atoms with Gasteiger partial charge < -0.3 is 5.11 Å². The Balaban J connectivity index is 1.64. The maximum Gasteiger partial charge on any atom is 0.416 e. The Morgan fingerprint density at radius 1 is 0.875 bits per heavy atom. The molecule has 0 saturated carbocycles. The average molecular weight is 578 g/mol. The number of halogens is 7. The van der Waals surface area contributed by atoms with Crippen LogP contribution >= 0.6 is 11.6 Å². The zero-order valence-corrected chi connectivity index (χ0v) is 20.9. The van der Waals surface area contributed by atoms with Crippen molar-refractivity contribution < 1.29 is 31.4 Å². The SMILES string of the molecule is OC(c1ccccc1Cl)c1[nH]ncc1-c1nnn(Cc2cc(C(F)(F)F)cc(C(F)(F)F)c2)c1-c1ccccc1. The summed E-state index contributed by atoms with van der Waals surface area (Å²) >= 11 is 6.26. The molecule has 0 spiro atoms. The number of aliphatic hydroxyl groups excluding tert-OH is 1. The van der Waals surface area contributed by atoms with Gasteiger partial charge in [0.2, 0.25) is 0 Å². The van der Waals surface area contributed by atoms with Gasteiger partial charge in [-0.15, -0.1) is 5.10 Å². The second-order valence-corrected chi connectivity index (χ2v) is 9.25. The smallest absolute Gasteiger partial charge is 0.382 e. The topological polar surface area (TPSA) is 79.6 Å². The number of nitrogens with zero attached hydrogens (tertiary/aromatic N) is 4. The fourth-order valence-corrected chi connectivity index (χ4v) is 4.56. The van der Waals surface area contributed by atoms with E-state index in [1.54, 1.807) is 54.6 Å². The molecule has 0 aliphatic carbocycles. The number of nitrogens with one attached hydrogen (secondary N) is 1. The van der Waals surface area contributed by atoms with Crippen LogP contribution in [0.1, 0.15) is 34.1 Å². The van der Waals surface area contributed by atoms with E-state index in [4.69, 9.17) is 11.6 Å². The lowest BCUT2D eigenvalue weighted by Gasteiger charge is -2.15. The number of hydrogen-bond acceptors (Lipinski definition) is 4. The van der Waals surface area contributed by atoms with Crippen molar-refractivity contribution >= 4 is 11.6 Å². The summed E-state index contributed by atoms with van der Waals surface area (Å²) in [6, 6.07) is 16.5. The molecular formula is C27H18ClF6N5O. The fraction of sp³-hybridized carbons (Fsp3) is 0.148. The Labute approximate surface area is 227 Å². The summed E-state index contributed by atoms with van der Waals surface area (Å²) in [4.78, 5) is 0. The molecule has 0 radical (unpaired) electrons. The number of aromatic nitrogens is 5. The highest BCUT2D eigenvalue weighted by Gasteiger charge is 2.37. The van der Waals surface area contributed by atoms with Crippen molar-refractivity contribution in [2.24, 2.45) is 0 Å². The van der Waals surface area contributed by atoms with E-state index in [2.05, 4.69) is 20.5 Å². The average Bonchev–Trinajstić information content (AvgIpc) is 3.55. The number of aliphatic hydroxyl groups is 1. The third kappa shape index (κ3) is 5.45. The summed E-state index contributed by atoms with van der Waals surface area (Å²) in [7, 11) is 0. The molecule has 206 valence electrons. The predicted octanol–water partition coefficient (Wildman–Crippen LogP) is 7.16. The van der Waals surface area contributed by atoms with Gasteiger partial charge in [0.05, 0.1) is 35.3 Å². The van der Waals surface area contributed by atoms with E-state index in [9.17, 15) is 31.4 Å². The van der Waals surface area contributed by atoms with Crippen LogP contribution in [-0.2, 0) is 18.9 Å². The minimum absolute atomic E-state index is 0.0717. The molecule has 0 fully saturated rings. The van der Waals surface area contributed by atoms with Crippen LogP contribution in [0.15, 0.2) is 79.0 Å². The normalized spacial score (nSPS) is 13.0.